The maximum absolute atomic E-state index is 3.91. The lowest BCUT2D eigenvalue weighted by Gasteiger charge is -2.21. The molecule has 1 atom stereocenters. The van der Waals surface area contributed by atoms with Gasteiger partial charge < -0.3 is 5.32 Å². The van der Waals surface area contributed by atoms with E-state index in [-0.39, 0.29) is 6.04 Å². The molecule has 0 aliphatic carbocycles. The summed E-state index contributed by atoms with van der Waals surface area (Å²) in [5.74, 6) is 0. The quantitative estimate of drug-likeness (QED) is 0.529. The van der Waals surface area contributed by atoms with Gasteiger partial charge in [0.15, 0.2) is 0 Å². The summed E-state index contributed by atoms with van der Waals surface area (Å²) >= 11 is 3.48. The molecular formula is C20H18BrN. The largest absolute Gasteiger partial charge is 0.378 e. The lowest BCUT2D eigenvalue weighted by atomic mass is 9.96. The van der Waals surface area contributed by atoms with Crippen molar-refractivity contribution >= 4 is 32.4 Å². The fourth-order valence-corrected chi connectivity index (χ4v) is 3.00. The Hall–Kier alpha value is -2.06. The van der Waals surface area contributed by atoms with Crippen molar-refractivity contribution in [2.75, 3.05) is 5.32 Å². The molecule has 0 amide bonds. The van der Waals surface area contributed by atoms with Crippen molar-refractivity contribution < 1.29 is 0 Å². The zero-order valence-electron chi connectivity index (χ0n) is 12.3. The first kappa shape index (κ1) is 14.9. The molecule has 0 radical (unpaired) electrons. The monoisotopic (exact) mass is 351 g/mol. The number of nitrogens with one attached hydrogen (secondary N) is 1. The molecule has 1 nitrogen and oxygen atoms in total. The van der Waals surface area contributed by atoms with Gasteiger partial charge in [-0.15, -0.1) is 6.58 Å². The molecule has 0 spiro atoms. The Morgan fingerprint density at radius 3 is 2.45 bits per heavy atom. The SMILES string of the molecule is C=CCC(Nc1ccc(Br)cc1)c1cccc2ccccc12. The molecule has 22 heavy (non-hydrogen) atoms. The number of hydrogen-bond donors (Lipinski definition) is 1. The van der Waals surface area contributed by atoms with Crippen LogP contribution in [0.4, 0.5) is 5.69 Å². The minimum atomic E-state index is 0.213. The Balaban J connectivity index is 1.99. The van der Waals surface area contributed by atoms with Gasteiger partial charge in [0.25, 0.3) is 0 Å². The number of halogens is 1. The Morgan fingerprint density at radius 2 is 1.68 bits per heavy atom. The third-order valence-corrected chi connectivity index (χ3v) is 4.31. The second-order valence-corrected chi connectivity index (χ2v) is 6.21. The van der Waals surface area contributed by atoms with E-state index in [9.17, 15) is 0 Å². The van der Waals surface area contributed by atoms with Gasteiger partial charge in [-0.2, -0.15) is 0 Å². The van der Waals surface area contributed by atoms with Gasteiger partial charge in [-0.3, -0.25) is 0 Å². The maximum atomic E-state index is 3.91. The van der Waals surface area contributed by atoms with E-state index in [4.69, 9.17) is 0 Å². The van der Waals surface area contributed by atoms with E-state index in [1.165, 1.54) is 16.3 Å². The molecule has 0 aromatic heterocycles. The fraction of sp³-hybridized carbons (Fsp3) is 0.100. The summed E-state index contributed by atoms with van der Waals surface area (Å²) in [7, 11) is 0. The molecule has 3 rings (SSSR count). The smallest absolute Gasteiger partial charge is 0.0554 e. The molecule has 3 aromatic carbocycles. The van der Waals surface area contributed by atoms with Crippen molar-refractivity contribution in [2.24, 2.45) is 0 Å². The van der Waals surface area contributed by atoms with E-state index in [0.29, 0.717) is 0 Å². The highest BCUT2D eigenvalue weighted by atomic mass is 79.9. The van der Waals surface area contributed by atoms with E-state index >= 15 is 0 Å². The molecule has 110 valence electrons. The molecule has 0 fully saturated rings. The van der Waals surface area contributed by atoms with Crippen LogP contribution in [0.15, 0.2) is 83.9 Å². The van der Waals surface area contributed by atoms with Gasteiger partial charge in [-0.25, -0.2) is 0 Å². The molecular weight excluding hydrogens is 334 g/mol. The van der Waals surface area contributed by atoms with Gasteiger partial charge in [-0.05, 0) is 47.0 Å². The van der Waals surface area contributed by atoms with E-state index in [1.54, 1.807) is 0 Å². The number of hydrogen-bond acceptors (Lipinski definition) is 1. The fourth-order valence-electron chi connectivity index (χ4n) is 2.73. The van der Waals surface area contributed by atoms with Crippen LogP contribution in [0.2, 0.25) is 0 Å². The molecule has 0 aliphatic rings. The lowest BCUT2D eigenvalue weighted by molar-refractivity contribution is 0.806. The van der Waals surface area contributed by atoms with Gasteiger partial charge in [0.1, 0.15) is 0 Å². The van der Waals surface area contributed by atoms with Crippen molar-refractivity contribution in [3.8, 4) is 0 Å². The van der Waals surface area contributed by atoms with E-state index in [0.717, 1.165) is 16.6 Å². The van der Waals surface area contributed by atoms with Crippen LogP contribution in [0.1, 0.15) is 18.0 Å². The van der Waals surface area contributed by atoms with Crippen LogP contribution >= 0.6 is 15.9 Å². The third-order valence-electron chi connectivity index (χ3n) is 3.79. The van der Waals surface area contributed by atoms with Crippen molar-refractivity contribution in [1.29, 1.82) is 0 Å². The summed E-state index contributed by atoms with van der Waals surface area (Å²) in [6, 6.07) is 23.5. The van der Waals surface area contributed by atoms with Crippen LogP contribution in [0, 0.1) is 0 Å². The van der Waals surface area contributed by atoms with E-state index < -0.39 is 0 Å². The second-order valence-electron chi connectivity index (χ2n) is 5.30. The molecule has 3 aromatic rings. The Kier molecular flexibility index (Phi) is 4.59. The molecule has 2 heteroatoms. The van der Waals surface area contributed by atoms with E-state index in [2.05, 4.69) is 94.6 Å². The highest BCUT2D eigenvalue weighted by molar-refractivity contribution is 9.10. The van der Waals surface area contributed by atoms with Crippen LogP contribution in [-0.2, 0) is 0 Å². The van der Waals surface area contributed by atoms with Crippen LogP contribution in [0.5, 0.6) is 0 Å². The summed E-state index contributed by atoms with van der Waals surface area (Å²) in [6.07, 6.45) is 2.85. The molecule has 0 heterocycles. The van der Waals surface area contributed by atoms with Crippen LogP contribution in [0.3, 0.4) is 0 Å². The van der Waals surface area contributed by atoms with Gasteiger partial charge in [0.05, 0.1) is 6.04 Å². The summed E-state index contributed by atoms with van der Waals surface area (Å²) < 4.78 is 1.09. The predicted octanol–water partition coefficient (Wildman–Crippen LogP) is 6.33. The minimum absolute atomic E-state index is 0.213. The molecule has 0 bridgehead atoms. The summed E-state index contributed by atoms with van der Waals surface area (Å²) in [5.41, 5.74) is 2.42. The zero-order chi connectivity index (χ0) is 15.4. The van der Waals surface area contributed by atoms with Gasteiger partial charge >= 0.3 is 0 Å². The second kappa shape index (κ2) is 6.80. The molecule has 1 N–H and O–H groups in total. The van der Waals surface area contributed by atoms with Crippen LogP contribution in [0.25, 0.3) is 10.8 Å². The van der Waals surface area contributed by atoms with Gasteiger partial charge in [-0.1, -0.05) is 64.5 Å². The molecule has 1 unspecified atom stereocenters. The van der Waals surface area contributed by atoms with Crippen LogP contribution in [-0.4, -0.2) is 0 Å². The maximum Gasteiger partial charge on any atom is 0.0554 e. The highest BCUT2D eigenvalue weighted by Gasteiger charge is 2.12. The van der Waals surface area contributed by atoms with Gasteiger partial charge in [0.2, 0.25) is 0 Å². The Morgan fingerprint density at radius 1 is 0.955 bits per heavy atom. The Bertz CT molecular complexity index is 772. The third kappa shape index (κ3) is 3.23. The number of anilines is 1. The lowest BCUT2D eigenvalue weighted by Crippen LogP contribution is -2.10. The number of rotatable bonds is 5. The van der Waals surface area contributed by atoms with Crippen molar-refractivity contribution in [2.45, 2.75) is 12.5 Å². The first-order valence-electron chi connectivity index (χ1n) is 7.38. The van der Waals surface area contributed by atoms with E-state index in [1.807, 2.05) is 6.08 Å². The summed E-state index contributed by atoms with van der Waals surface area (Å²) in [6.45, 7) is 3.91. The molecule has 0 saturated carbocycles. The molecule has 0 aliphatic heterocycles. The average molecular weight is 352 g/mol. The minimum Gasteiger partial charge on any atom is -0.378 e. The van der Waals surface area contributed by atoms with Crippen LogP contribution < -0.4 is 5.32 Å². The normalized spacial score (nSPS) is 12.0. The first-order chi connectivity index (χ1) is 10.8. The zero-order valence-corrected chi connectivity index (χ0v) is 13.9. The van der Waals surface area contributed by atoms with Crippen molar-refractivity contribution in [1.82, 2.24) is 0 Å². The highest BCUT2D eigenvalue weighted by Crippen LogP contribution is 2.29. The van der Waals surface area contributed by atoms with Crippen molar-refractivity contribution in [3.63, 3.8) is 0 Å². The molecule has 0 saturated heterocycles. The summed E-state index contributed by atoms with van der Waals surface area (Å²) in [5, 5.41) is 6.19. The number of benzene rings is 3. The Labute approximate surface area is 139 Å². The number of fused-ring (bicyclic) bond motifs is 1. The summed E-state index contributed by atoms with van der Waals surface area (Å²) in [4.78, 5) is 0. The predicted molar refractivity (Wildman–Crippen MR) is 99.3 cm³/mol. The average Bonchev–Trinajstić information content (AvgIpc) is 2.56. The van der Waals surface area contributed by atoms with Gasteiger partial charge in [0, 0.05) is 10.2 Å². The first-order valence-corrected chi connectivity index (χ1v) is 8.18. The van der Waals surface area contributed by atoms with Crippen molar-refractivity contribution in [3.05, 3.63) is 89.4 Å². The topological polar surface area (TPSA) is 12.0 Å². The standard InChI is InChI=1S/C20H18BrN/c1-2-6-20(22-17-13-11-16(21)12-14-17)19-10-5-8-15-7-3-4-9-18(15)19/h2-5,7-14,20,22H,1,6H2.